The zero-order valence-electron chi connectivity index (χ0n) is 19.3. The second-order valence-corrected chi connectivity index (χ2v) is 10.9. The van der Waals surface area contributed by atoms with Crippen LogP contribution >= 0.6 is 11.6 Å². The number of nitrogens with two attached hydrogens (primary N) is 1. The lowest BCUT2D eigenvalue weighted by Crippen LogP contribution is -2.41. The van der Waals surface area contributed by atoms with Crippen LogP contribution in [0.5, 0.6) is 0 Å². The van der Waals surface area contributed by atoms with Gasteiger partial charge in [-0.3, -0.25) is 9.59 Å². The highest BCUT2D eigenvalue weighted by Crippen LogP contribution is 2.30. The van der Waals surface area contributed by atoms with E-state index in [0.29, 0.717) is 27.1 Å². The summed E-state index contributed by atoms with van der Waals surface area (Å²) >= 11 is 5.99. The van der Waals surface area contributed by atoms with E-state index in [-0.39, 0.29) is 23.5 Å². The Morgan fingerprint density at radius 1 is 0.973 bits per heavy atom. The second-order valence-electron chi connectivity index (χ2n) is 8.72. The molecule has 0 saturated carbocycles. The zero-order chi connectivity index (χ0) is 26.3. The number of nitrogens with one attached hydrogen (secondary N) is 1. The molecule has 4 aromatic rings. The Hall–Kier alpha value is -3.79. The van der Waals surface area contributed by atoms with E-state index in [2.05, 4.69) is 4.72 Å². The van der Waals surface area contributed by atoms with Gasteiger partial charge < -0.3 is 10.6 Å². The SMILES string of the molecule is NC(=O)c1cccc(-c2ccc(N3CC[C@H](NS(=O)(=O)c4ccc5cc(Cl)ccc5c4)C3=O)c(F)c2)c1. The summed E-state index contributed by atoms with van der Waals surface area (Å²) in [6.45, 7) is 0.148. The summed E-state index contributed by atoms with van der Waals surface area (Å²) in [5.41, 5.74) is 6.77. The van der Waals surface area contributed by atoms with Crippen molar-refractivity contribution in [3.63, 3.8) is 0 Å². The van der Waals surface area contributed by atoms with Gasteiger partial charge in [0.05, 0.1) is 10.6 Å². The molecule has 188 valence electrons. The Labute approximate surface area is 217 Å². The molecule has 1 aliphatic heterocycles. The monoisotopic (exact) mass is 537 g/mol. The Morgan fingerprint density at radius 2 is 1.70 bits per heavy atom. The van der Waals surface area contributed by atoms with Gasteiger partial charge in [0, 0.05) is 17.1 Å². The Kier molecular flexibility index (Phi) is 6.45. The molecule has 0 spiro atoms. The van der Waals surface area contributed by atoms with Crippen molar-refractivity contribution >= 4 is 49.9 Å². The summed E-state index contributed by atoms with van der Waals surface area (Å²) in [6.07, 6.45) is 0.184. The van der Waals surface area contributed by atoms with Crippen LogP contribution in [0.25, 0.3) is 21.9 Å². The number of benzene rings is 4. The van der Waals surface area contributed by atoms with Crippen LogP contribution in [-0.2, 0) is 14.8 Å². The first-order valence-corrected chi connectivity index (χ1v) is 13.2. The molecule has 4 aromatic carbocycles. The summed E-state index contributed by atoms with van der Waals surface area (Å²) in [6, 6.07) is 19.5. The molecule has 1 fully saturated rings. The Morgan fingerprint density at radius 3 is 2.46 bits per heavy atom. The van der Waals surface area contributed by atoms with Crippen molar-refractivity contribution in [3.05, 3.63) is 95.3 Å². The lowest BCUT2D eigenvalue weighted by atomic mass is 10.0. The molecule has 0 unspecified atom stereocenters. The van der Waals surface area contributed by atoms with Crippen molar-refractivity contribution in [1.29, 1.82) is 0 Å². The number of hydrogen-bond donors (Lipinski definition) is 2. The molecule has 3 N–H and O–H groups in total. The van der Waals surface area contributed by atoms with Crippen LogP contribution in [0, 0.1) is 5.82 Å². The van der Waals surface area contributed by atoms with E-state index in [9.17, 15) is 18.0 Å². The third-order valence-electron chi connectivity index (χ3n) is 6.31. The third kappa shape index (κ3) is 4.93. The first-order chi connectivity index (χ1) is 17.6. The summed E-state index contributed by atoms with van der Waals surface area (Å²) in [5, 5.41) is 2.02. The van der Waals surface area contributed by atoms with E-state index in [4.69, 9.17) is 17.3 Å². The highest BCUT2D eigenvalue weighted by atomic mass is 35.5. The van der Waals surface area contributed by atoms with Crippen LogP contribution < -0.4 is 15.4 Å². The Bertz CT molecular complexity index is 1680. The van der Waals surface area contributed by atoms with Gasteiger partial charge in [-0.2, -0.15) is 4.72 Å². The quantitative estimate of drug-likeness (QED) is 0.378. The molecule has 0 aliphatic carbocycles. The van der Waals surface area contributed by atoms with Crippen molar-refractivity contribution < 1.29 is 22.4 Å². The maximum atomic E-state index is 15.1. The number of sulfonamides is 1. The van der Waals surface area contributed by atoms with Crippen molar-refractivity contribution in [1.82, 2.24) is 4.72 Å². The molecule has 0 bridgehead atoms. The van der Waals surface area contributed by atoms with Crippen LogP contribution in [0.1, 0.15) is 16.8 Å². The van der Waals surface area contributed by atoms with Gasteiger partial charge in [-0.25, -0.2) is 12.8 Å². The van der Waals surface area contributed by atoms with Crippen LogP contribution in [0.15, 0.2) is 83.8 Å². The molecule has 0 aromatic heterocycles. The molecular formula is C27H21ClFN3O4S. The van der Waals surface area contributed by atoms with E-state index >= 15 is 4.39 Å². The number of amides is 2. The van der Waals surface area contributed by atoms with Crippen LogP contribution in [0.3, 0.4) is 0 Å². The molecule has 2 amide bonds. The maximum absolute atomic E-state index is 15.1. The molecule has 1 heterocycles. The van der Waals surface area contributed by atoms with Crippen molar-refractivity contribution in [2.24, 2.45) is 5.73 Å². The molecule has 7 nitrogen and oxygen atoms in total. The number of hydrogen-bond acceptors (Lipinski definition) is 4. The summed E-state index contributed by atoms with van der Waals surface area (Å²) in [4.78, 5) is 25.8. The molecule has 1 atom stereocenters. The van der Waals surface area contributed by atoms with Crippen molar-refractivity contribution in [3.8, 4) is 11.1 Å². The third-order valence-corrected chi connectivity index (χ3v) is 8.01. The minimum absolute atomic E-state index is 0.0160. The summed E-state index contributed by atoms with van der Waals surface area (Å²) < 4.78 is 43.6. The van der Waals surface area contributed by atoms with Crippen molar-refractivity contribution in [2.75, 3.05) is 11.4 Å². The lowest BCUT2D eigenvalue weighted by Gasteiger charge is -2.19. The van der Waals surface area contributed by atoms with Gasteiger partial charge in [0.15, 0.2) is 0 Å². The first-order valence-electron chi connectivity index (χ1n) is 11.4. The van der Waals surface area contributed by atoms with Gasteiger partial charge in [0.1, 0.15) is 11.9 Å². The zero-order valence-corrected chi connectivity index (χ0v) is 20.9. The molecule has 1 saturated heterocycles. The predicted molar refractivity (Wildman–Crippen MR) is 140 cm³/mol. The van der Waals surface area contributed by atoms with Gasteiger partial charge in [-0.15, -0.1) is 0 Å². The Balaban J connectivity index is 1.35. The van der Waals surface area contributed by atoms with E-state index < -0.39 is 33.7 Å². The highest BCUT2D eigenvalue weighted by Gasteiger charge is 2.36. The smallest absolute Gasteiger partial charge is 0.248 e. The number of carbonyl (C=O) groups excluding carboxylic acids is 2. The molecule has 37 heavy (non-hydrogen) atoms. The highest BCUT2D eigenvalue weighted by molar-refractivity contribution is 7.89. The summed E-state index contributed by atoms with van der Waals surface area (Å²) in [5.74, 6) is -1.78. The van der Waals surface area contributed by atoms with Crippen LogP contribution in [0.4, 0.5) is 10.1 Å². The summed E-state index contributed by atoms with van der Waals surface area (Å²) in [7, 11) is -4.01. The fourth-order valence-corrected chi connectivity index (χ4v) is 5.84. The van der Waals surface area contributed by atoms with Gasteiger partial charge in [-0.1, -0.05) is 41.9 Å². The van der Waals surface area contributed by atoms with E-state index in [1.54, 1.807) is 54.6 Å². The molecule has 1 aliphatic rings. The maximum Gasteiger partial charge on any atom is 0.248 e. The number of rotatable bonds is 6. The van der Waals surface area contributed by atoms with E-state index in [0.717, 1.165) is 5.39 Å². The lowest BCUT2D eigenvalue weighted by molar-refractivity contribution is -0.118. The van der Waals surface area contributed by atoms with Crippen LogP contribution in [0.2, 0.25) is 5.02 Å². The van der Waals surface area contributed by atoms with Gasteiger partial charge in [-0.05, 0) is 76.9 Å². The average Bonchev–Trinajstić information content (AvgIpc) is 3.22. The van der Waals surface area contributed by atoms with E-state index in [1.165, 1.54) is 29.2 Å². The predicted octanol–water partition coefficient (Wildman–Crippen LogP) is 4.48. The minimum atomic E-state index is -4.01. The standard InChI is InChI=1S/C27H21ClFN3O4S/c28-21-7-4-18-14-22(8-5-17(18)13-21)37(35,36)31-24-10-11-32(27(24)34)25-9-6-19(15-23(25)29)16-2-1-3-20(12-16)26(30)33/h1-9,12-15,24,31H,10-11H2,(H2,30,33)/t24-/m0/s1. The number of primary amides is 1. The number of fused-ring (bicyclic) bond motifs is 1. The van der Waals surface area contributed by atoms with Crippen LogP contribution in [-0.4, -0.2) is 32.8 Å². The van der Waals surface area contributed by atoms with Gasteiger partial charge in [0.2, 0.25) is 21.8 Å². The van der Waals surface area contributed by atoms with E-state index in [1.807, 2.05) is 0 Å². The van der Waals surface area contributed by atoms with Crippen molar-refractivity contribution in [2.45, 2.75) is 17.4 Å². The molecule has 0 radical (unpaired) electrons. The molecule has 5 rings (SSSR count). The number of halogens is 2. The number of carbonyl (C=O) groups is 2. The second kappa shape index (κ2) is 9.59. The first kappa shape index (κ1) is 24.9. The topological polar surface area (TPSA) is 110 Å². The molecule has 10 heteroatoms. The largest absolute Gasteiger partial charge is 0.366 e. The normalized spacial score (nSPS) is 15.9. The fourth-order valence-electron chi connectivity index (χ4n) is 4.40. The van der Waals surface area contributed by atoms with Gasteiger partial charge >= 0.3 is 0 Å². The number of anilines is 1. The fraction of sp³-hybridized carbons (Fsp3) is 0.111. The minimum Gasteiger partial charge on any atom is -0.366 e. The van der Waals surface area contributed by atoms with Gasteiger partial charge in [0.25, 0.3) is 0 Å². The average molecular weight is 538 g/mol. The number of nitrogens with zero attached hydrogens (tertiary/aromatic N) is 1. The molecular weight excluding hydrogens is 517 g/mol.